The van der Waals surface area contributed by atoms with Crippen molar-refractivity contribution in [1.29, 1.82) is 0 Å². The van der Waals surface area contributed by atoms with Crippen LogP contribution >= 0.6 is 0 Å². The fourth-order valence-corrected chi connectivity index (χ4v) is 4.00. The standard InChI is InChI=1S/C19H22F2N2.C5H10F2N2.C2H6/c20-19(21)18-15-22(13-16-7-3-1-4-8-16)11-12-23(18)14-17-9-5-2-6-10-17;6-5(7)4-3-8-1-2-9-4;1-2/h1-10,18-19H,11-15H2;4-5,8-9H,1-3H2;1-2H3. The summed E-state index contributed by atoms with van der Waals surface area (Å²) < 4.78 is 50.7. The summed E-state index contributed by atoms with van der Waals surface area (Å²) in [5, 5.41) is 5.58. The van der Waals surface area contributed by atoms with Crippen molar-refractivity contribution in [1.82, 2.24) is 20.4 Å². The van der Waals surface area contributed by atoms with E-state index in [4.69, 9.17) is 0 Å². The van der Waals surface area contributed by atoms with Crippen molar-refractivity contribution in [3.8, 4) is 0 Å². The second-order valence-corrected chi connectivity index (χ2v) is 8.18. The smallest absolute Gasteiger partial charge is 0.255 e. The molecule has 0 bridgehead atoms. The number of nitrogens with zero attached hydrogens (tertiary/aromatic N) is 2. The average Bonchev–Trinajstić information content (AvgIpc) is 2.88. The molecule has 2 aliphatic rings. The van der Waals surface area contributed by atoms with Crippen LogP contribution in [0.3, 0.4) is 0 Å². The molecule has 2 aliphatic heterocycles. The van der Waals surface area contributed by atoms with Gasteiger partial charge in [0, 0.05) is 52.4 Å². The molecule has 2 fully saturated rings. The monoisotopic (exact) mass is 482 g/mol. The summed E-state index contributed by atoms with van der Waals surface area (Å²) in [7, 11) is 0. The van der Waals surface area contributed by atoms with Gasteiger partial charge in [-0.2, -0.15) is 0 Å². The lowest BCUT2D eigenvalue weighted by Gasteiger charge is -2.41. The molecule has 2 unspecified atom stereocenters. The maximum Gasteiger partial charge on any atom is 0.255 e. The summed E-state index contributed by atoms with van der Waals surface area (Å²) >= 11 is 0. The van der Waals surface area contributed by atoms with E-state index in [-0.39, 0.29) is 0 Å². The fraction of sp³-hybridized carbons (Fsp3) is 0.538. The fourth-order valence-electron chi connectivity index (χ4n) is 4.00. The van der Waals surface area contributed by atoms with E-state index in [0.29, 0.717) is 32.7 Å². The Morgan fingerprint density at radius 3 is 1.85 bits per heavy atom. The molecule has 0 aromatic heterocycles. The van der Waals surface area contributed by atoms with Gasteiger partial charge in [0.05, 0.1) is 12.1 Å². The molecule has 0 radical (unpaired) electrons. The Balaban J connectivity index is 0.000000311. The number of nitrogens with one attached hydrogen (secondary N) is 2. The first-order valence-electron chi connectivity index (χ1n) is 12.1. The lowest BCUT2D eigenvalue weighted by atomic mass is 10.1. The Hall–Kier alpha value is -2.00. The molecule has 2 N–H and O–H groups in total. The zero-order valence-electron chi connectivity index (χ0n) is 20.1. The van der Waals surface area contributed by atoms with Gasteiger partial charge in [0.2, 0.25) is 0 Å². The molecule has 0 spiro atoms. The third-order valence-electron chi connectivity index (χ3n) is 5.76. The molecule has 8 heteroatoms. The van der Waals surface area contributed by atoms with Crippen molar-refractivity contribution in [2.75, 3.05) is 39.3 Å². The van der Waals surface area contributed by atoms with Crippen LogP contribution in [-0.2, 0) is 13.1 Å². The SMILES string of the molecule is CC.FC(F)C1CN(Cc2ccccc2)CCN1Cc1ccccc1.FC(F)C1CNCCN1. The topological polar surface area (TPSA) is 30.5 Å². The van der Waals surface area contributed by atoms with Gasteiger partial charge in [0.1, 0.15) is 0 Å². The van der Waals surface area contributed by atoms with E-state index < -0.39 is 24.9 Å². The molecule has 190 valence electrons. The quantitative estimate of drug-likeness (QED) is 0.595. The van der Waals surface area contributed by atoms with Crippen molar-refractivity contribution in [3.05, 3.63) is 71.8 Å². The van der Waals surface area contributed by atoms with Gasteiger partial charge in [-0.25, -0.2) is 17.6 Å². The third kappa shape index (κ3) is 9.70. The Kier molecular flexibility index (Phi) is 13.1. The number of alkyl halides is 4. The first kappa shape index (κ1) is 28.2. The number of halogens is 4. The van der Waals surface area contributed by atoms with Gasteiger partial charge in [0.15, 0.2) is 0 Å². The number of hydrogen-bond donors (Lipinski definition) is 2. The highest BCUT2D eigenvalue weighted by Crippen LogP contribution is 2.20. The van der Waals surface area contributed by atoms with Gasteiger partial charge in [-0.05, 0) is 11.1 Å². The highest BCUT2D eigenvalue weighted by atomic mass is 19.3. The van der Waals surface area contributed by atoms with Crippen LogP contribution < -0.4 is 10.6 Å². The number of rotatable bonds is 6. The zero-order chi connectivity index (χ0) is 24.8. The summed E-state index contributed by atoms with van der Waals surface area (Å²) in [6.45, 7) is 9.08. The molecule has 2 aromatic carbocycles. The van der Waals surface area contributed by atoms with E-state index in [1.807, 2.05) is 79.4 Å². The molecule has 4 rings (SSSR count). The third-order valence-corrected chi connectivity index (χ3v) is 5.76. The van der Waals surface area contributed by atoms with Gasteiger partial charge in [0.25, 0.3) is 12.9 Å². The van der Waals surface area contributed by atoms with Crippen molar-refractivity contribution < 1.29 is 17.6 Å². The van der Waals surface area contributed by atoms with Crippen LogP contribution in [0.4, 0.5) is 17.6 Å². The maximum absolute atomic E-state index is 13.5. The number of benzene rings is 2. The van der Waals surface area contributed by atoms with Gasteiger partial charge in [-0.1, -0.05) is 74.5 Å². The van der Waals surface area contributed by atoms with Crippen LogP contribution in [0, 0.1) is 0 Å². The van der Waals surface area contributed by atoms with E-state index in [0.717, 1.165) is 25.2 Å². The Bertz CT molecular complexity index is 758. The predicted molar refractivity (Wildman–Crippen MR) is 130 cm³/mol. The first-order chi connectivity index (χ1) is 16.5. The summed E-state index contributed by atoms with van der Waals surface area (Å²) in [6, 6.07) is 18.6. The van der Waals surface area contributed by atoms with E-state index in [1.54, 1.807) is 0 Å². The molecule has 34 heavy (non-hydrogen) atoms. The van der Waals surface area contributed by atoms with Crippen LogP contribution in [0.15, 0.2) is 60.7 Å². The molecular formula is C26H38F4N4. The second kappa shape index (κ2) is 15.8. The molecule has 2 saturated heterocycles. The van der Waals surface area contributed by atoms with Crippen LogP contribution in [0.5, 0.6) is 0 Å². The predicted octanol–water partition coefficient (Wildman–Crippen LogP) is 4.48. The minimum atomic E-state index is -2.32. The lowest BCUT2D eigenvalue weighted by molar-refractivity contribution is -0.0300. The summed E-state index contributed by atoms with van der Waals surface area (Å²) in [4.78, 5) is 4.05. The summed E-state index contributed by atoms with van der Waals surface area (Å²) in [6.07, 6.45) is -4.56. The molecular weight excluding hydrogens is 444 g/mol. The highest BCUT2D eigenvalue weighted by Gasteiger charge is 2.33. The maximum atomic E-state index is 13.5. The van der Waals surface area contributed by atoms with Crippen LogP contribution in [0.25, 0.3) is 0 Å². The Labute approximate surface area is 201 Å². The molecule has 2 atom stereocenters. The lowest BCUT2D eigenvalue weighted by Crippen LogP contribution is -2.55. The summed E-state index contributed by atoms with van der Waals surface area (Å²) in [5.74, 6) is 0. The minimum absolute atomic E-state index is 0.387. The zero-order valence-corrected chi connectivity index (χ0v) is 20.1. The molecule has 2 aromatic rings. The largest absolute Gasteiger partial charge is 0.314 e. The first-order valence-corrected chi connectivity index (χ1v) is 12.1. The van der Waals surface area contributed by atoms with Gasteiger partial charge in [-0.15, -0.1) is 0 Å². The van der Waals surface area contributed by atoms with Crippen molar-refractivity contribution >= 4 is 0 Å². The van der Waals surface area contributed by atoms with Crippen LogP contribution in [-0.4, -0.2) is 74.0 Å². The summed E-state index contributed by atoms with van der Waals surface area (Å²) in [5.41, 5.74) is 2.27. The van der Waals surface area contributed by atoms with Crippen molar-refractivity contribution in [3.63, 3.8) is 0 Å². The van der Waals surface area contributed by atoms with Gasteiger partial charge < -0.3 is 10.6 Å². The number of piperazine rings is 2. The van der Waals surface area contributed by atoms with E-state index in [1.165, 1.54) is 5.56 Å². The van der Waals surface area contributed by atoms with Crippen molar-refractivity contribution in [2.24, 2.45) is 0 Å². The normalized spacial score (nSPS) is 21.4. The second-order valence-electron chi connectivity index (χ2n) is 8.18. The minimum Gasteiger partial charge on any atom is -0.314 e. The Morgan fingerprint density at radius 2 is 1.38 bits per heavy atom. The van der Waals surface area contributed by atoms with Crippen molar-refractivity contribution in [2.45, 2.75) is 51.9 Å². The van der Waals surface area contributed by atoms with E-state index in [9.17, 15) is 17.6 Å². The molecule has 0 aliphatic carbocycles. The van der Waals surface area contributed by atoms with Crippen LogP contribution in [0.1, 0.15) is 25.0 Å². The molecule has 2 heterocycles. The van der Waals surface area contributed by atoms with Gasteiger partial charge in [-0.3, -0.25) is 9.80 Å². The molecule has 0 amide bonds. The molecule has 0 saturated carbocycles. The van der Waals surface area contributed by atoms with Gasteiger partial charge >= 0.3 is 0 Å². The van der Waals surface area contributed by atoms with Crippen LogP contribution in [0.2, 0.25) is 0 Å². The van der Waals surface area contributed by atoms with E-state index in [2.05, 4.69) is 15.5 Å². The highest BCUT2D eigenvalue weighted by molar-refractivity contribution is 5.16. The van der Waals surface area contributed by atoms with E-state index >= 15 is 0 Å². The average molecular weight is 483 g/mol. The number of hydrogen-bond acceptors (Lipinski definition) is 4. The Morgan fingerprint density at radius 1 is 0.794 bits per heavy atom. The molecule has 4 nitrogen and oxygen atoms in total.